The molecule has 118 valence electrons. The summed E-state index contributed by atoms with van der Waals surface area (Å²) in [6, 6.07) is 3.77. The van der Waals surface area contributed by atoms with Gasteiger partial charge in [0.05, 0.1) is 0 Å². The van der Waals surface area contributed by atoms with E-state index in [1.54, 1.807) is 0 Å². The number of nitrogens with zero attached hydrogens (tertiary/aromatic N) is 1. The quantitative estimate of drug-likeness (QED) is 0.866. The van der Waals surface area contributed by atoms with Crippen molar-refractivity contribution in [2.45, 2.75) is 30.8 Å². The summed E-state index contributed by atoms with van der Waals surface area (Å²) in [6.45, 7) is 3.81. The van der Waals surface area contributed by atoms with Crippen molar-refractivity contribution in [3.05, 3.63) is 29.6 Å². The smallest absolute Gasteiger partial charge is 0.243 e. The van der Waals surface area contributed by atoms with Crippen LogP contribution >= 0.6 is 0 Å². The van der Waals surface area contributed by atoms with E-state index < -0.39 is 15.8 Å². The highest BCUT2D eigenvalue weighted by Crippen LogP contribution is 2.21. The number of likely N-dealkylation sites (tertiary alicyclic amines) is 1. The summed E-state index contributed by atoms with van der Waals surface area (Å²) in [5, 5.41) is 0. The minimum Gasteiger partial charge on any atom is -0.326 e. The second-order valence-electron chi connectivity index (χ2n) is 5.72. The number of sulfonamides is 1. The summed E-state index contributed by atoms with van der Waals surface area (Å²) in [6.07, 6.45) is 0.717. The topological polar surface area (TPSA) is 75.4 Å². The molecular weight excluding hydrogens is 293 g/mol. The summed E-state index contributed by atoms with van der Waals surface area (Å²) in [7, 11) is -1.87. The summed E-state index contributed by atoms with van der Waals surface area (Å²) in [5.41, 5.74) is 6.08. The molecule has 1 aliphatic rings. The highest BCUT2D eigenvalue weighted by atomic mass is 32.2. The third-order valence-corrected chi connectivity index (χ3v) is 5.44. The summed E-state index contributed by atoms with van der Waals surface area (Å²) in [5.74, 6) is -0.570. The lowest BCUT2D eigenvalue weighted by Gasteiger charge is -2.34. The molecule has 1 saturated heterocycles. The highest BCUT2D eigenvalue weighted by Gasteiger charge is 2.30. The molecule has 5 nitrogen and oxygen atoms in total. The van der Waals surface area contributed by atoms with Gasteiger partial charge in [-0.3, -0.25) is 0 Å². The van der Waals surface area contributed by atoms with Crippen LogP contribution in [-0.2, 0) is 16.6 Å². The first kappa shape index (κ1) is 16.4. The zero-order chi connectivity index (χ0) is 15.6. The van der Waals surface area contributed by atoms with Gasteiger partial charge in [0.2, 0.25) is 10.0 Å². The summed E-state index contributed by atoms with van der Waals surface area (Å²) in [4.78, 5) is 1.84. The van der Waals surface area contributed by atoms with Crippen molar-refractivity contribution in [2.24, 2.45) is 11.7 Å². The number of benzene rings is 1. The first-order chi connectivity index (χ1) is 9.83. The zero-order valence-corrected chi connectivity index (χ0v) is 13.2. The Hall–Kier alpha value is -1.02. The normalized spacial score (nSPS) is 24.2. The molecule has 0 amide bonds. The monoisotopic (exact) mass is 315 g/mol. The van der Waals surface area contributed by atoms with Gasteiger partial charge in [-0.25, -0.2) is 17.5 Å². The van der Waals surface area contributed by atoms with E-state index in [0.29, 0.717) is 5.56 Å². The molecule has 2 rings (SSSR count). The van der Waals surface area contributed by atoms with Gasteiger partial charge in [-0.15, -0.1) is 0 Å². The van der Waals surface area contributed by atoms with Gasteiger partial charge >= 0.3 is 0 Å². The van der Waals surface area contributed by atoms with Gasteiger partial charge in [-0.1, -0.05) is 13.0 Å². The summed E-state index contributed by atoms with van der Waals surface area (Å²) < 4.78 is 41.3. The standard InChI is InChI=1S/C14H22FN3O2S/c1-10-9-18(2)6-5-13(10)17-21(19,20)14-7-11(8-16)3-4-12(14)15/h3-4,7,10,13,17H,5-6,8-9,16H2,1-2H3. The Bertz CT molecular complexity index is 606. The fourth-order valence-electron chi connectivity index (χ4n) is 2.67. The van der Waals surface area contributed by atoms with Gasteiger partial charge < -0.3 is 10.6 Å². The molecule has 1 aromatic carbocycles. The van der Waals surface area contributed by atoms with Crippen LogP contribution in [0.1, 0.15) is 18.9 Å². The van der Waals surface area contributed by atoms with Crippen LogP contribution in [0.2, 0.25) is 0 Å². The molecule has 0 saturated carbocycles. The largest absolute Gasteiger partial charge is 0.326 e. The van der Waals surface area contributed by atoms with E-state index in [2.05, 4.69) is 9.62 Å². The molecule has 7 heteroatoms. The Morgan fingerprint density at radius 2 is 2.19 bits per heavy atom. The Morgan fingerprint density at radius 1 is 1.48 bits per heavy atom. The Balaban J connectivity index is 2.22. The molecule has 1 fully saturated rings. The Labute approximate surface area is 125 Å². The Kier molecular flexibility index (Phi) is 4.98. The molecule has 2 atom stereocenters. The fraction of sp³-hybridized carbons (Fsp3) is 0.571. The number of hydrogen-bond donors (Lipinski definition) is 2. The average molecular weight is 315 g/mol. The maximum absolute atomic E-state index is 13.8. The van der Waals surface area contributed by atoms with E-state index >= 15 is 0 Å². The van der Waals surface area contributed by atoms with E-state index in [1.165, 1.54) is 12.1 Å². The first-order valence-corrected chi connectivity index (χ1v) is 8.51. The fourth-order valence-corrected chi connectivity index (χ4v) is 4.18. The van der Waals surface area contributed by atoms with Crippen LogP contribution < -0.4 is 10.5 Å². The number of rotatable bonds is 4. The van der Waals surface area contributed by atoms with E-state index in [1.807, 2.05) is 14.0 Å². The number of piperidine rings is 1. The molecule has 1 aliphatic heterocycles. The average Bonchev–Trinajstić information content (AvgIpc) is 2.42. The van der Waals surface area contributed by atoms with Crippen LogP contribution in [0.3, 0.4) is 0 Å². The summed E-state index contributed by atoms with van der Waals surface area (Å²) >= 11 is 0. The number of halogens is 1. The minimum absolute atomic E-state index is 0.174. The molecule has 0 radical (unpaired) electrons. The van der Waals surface area contributed by atoms with Crippen LogP contribution in [0.4, 0.5) is 4.39 Å². The highest BCUT2D eigenvalue weighted by molar-refractivity contribution is 7.89. The Morgan fingerprint density at radius 3 is 2.81 bits per heavy atom. The zero-order valence-electron chi connectivity index (χ0n) is 12.3. The first-order valence-electron chi connectivity index (χ1n) is 7.03. The molecule has 1 heterocycles. The van der Waals surface area contributed by atoms with Crippen LogP contribution in [0.15, 0.2) is 23.1 Å². The lowest BCUT2D eigenvalue weighted by Crippen LogP contribution is -2.48. The van der Waals surface area contributed by atoms with Crippen LogP contribution in [0, 0.1) is 11.7 Å². The number of hydrogen-bond acceptors (Lipinski definition) is 4. The van der Waals surface area contributed by atoms with Crippen molar-refractivity contribution in [3.63, 3.8) is 0 Å². The molecule has 0 bridgehead atoms. The van der Waals surface area contributed by atoms with Crippen molar-refractivity contribution in [2.75, 3.05) is 20.1 Å². The maximum atomic E-state index is 13.8. The molecule has 1 aromatic rings. The van der Waals surface area contributed by atoms with Crippen LogP contribution in [0.25, 0.3) is 0 Å². The van der Waals surface area contributed by atoms with Gasteiger partial charge in [-0.2, -0.15) is 0 Å². The van der Waals surface area contributed by atoms with Crippen LogP contribution in [-0.4, -0.2) is 39.5 Å². The number of nitrogens with one attached hydrogen (secondary N) is 1. The van der Waals surface area contributed by atoms with Gasteiger partial charge in [0, 0.05) is 19.1 Å². The predicted molar refractivity (Wildman–Crippen MR) is 79.7 cm³/mol. The predicted octanol–water partition coefficient (Wildman–Crippen LogP) is 0.903. The molecule has 21 heavy (non-hydrogen) atoms. The van der Waals surface area contributed by atoms with Gasteiger partial charge in [0.1, 0.15) is 10.7 Å². The van der Waals surface area contributed by atoms with Gasteiger partial charge in [-0.05, 0) is 43.6 Å². The van der Waals surface area contributed by atoms with Gasteiger partial charge in [0.15, 0.2) is 0 Å². The van der Waals surface area contributed by atoms with Crippen molar-refractivity contribution in [1.29, 1.82) is 0 Å². The molecule has 0 aromatic heterocycles. The third kappa shape index (κ3) is 3.79. The van der Waals surface area contributed by atoms with Crippen molar-refractivity contribution < 1.29 is 12.8 Å². The van der Waals surface area contributed by atoms with E-state index in [0.717, 1.165) is 25.6 Å². The van der Waals surface area contributed by atoms with Crippen molar-refractivity contribution >= 4 is 10.0 Å². The molecular formula is C14H22FN3O2S. The molecule has 0 aliphatic carbocycles. The van der Waals surface area contributed by atoms with Crippen LogP contribution in [0.5, 0.6) is 0 Å². The van der Waals surface area contributed by atoms with E-state index in [-0.39, 0.29) is 23.4 Å². The molecule has 3 N–H and O–H groups in total. The minimum atomic E-state index is -3.87. The third-order valence-electron chi connectivity index (χ3n) is 3.94. The second kappa shape index (κ2) is 6.39. The lowest BCUT2D eigenvalue weighted by molar-refractivity contribution is 0.188. The second-order valence-corrected chi connectivity index (χ2v) is 7.41. The number of nitrogens with two attached hydrogens (primary N) is 1. The van der Waals surface area contributed by atoms with Crippen molar-refractivity contribution in [3.8, 4) is 0 Å². The van der Waals surface area contributed by atoms with Gasteiger partial charge in [0.25, 0.3) is 0 Å². The van der Waals surface area contributed by atoms with E-state index in [9.17, 15) is 12.8 Å². The molecule has 0 spiro atoms. The molecule has 2 unspecified atom stereocenters. The maximum Gasteiger partial charge on any atom is 0.243 e. The van der Waals surface area contributed by atoms with E-state index in [4.69, 9.17) is 5.73 Å². The SMILES string of the molecule is CC1CN(C)CCC1NS(=O)(=O)c1cc(CN)ccc1F. The lowest BCUT2D eigenvalue weighted by atomic mass is 9.95. The van der Waals surface area contributed by atoms with Crippen molar-refractivity contribution in [1.82, 2.24) is 9.62 Å².